The van der Waals surface area contributed by atoms with Gasteiger partial charge in [0.1, 0.15) is 24.0 Å². The maximum absolute atomic E-state index is 13.7. The van der Waals surface area contributed by atoms with Crippen LogP contribution in [0.1, 0.15) is 42.7 Å². The lowest BCUT2D eigenvalue weighted by Gasteiger charge is -2.33. The van der Waals surface area contributed by atoms with Gasteiger partial charge in [0.2, 0.25) is 0 Å². The molecule has 3 aromatic rings. The van der Waals surface area contributed by atoms with Crippen molar-refractivity contribution in [3.8, 4) is 5.75 Å². The molecule has 3 atom stereocenters. The highest BCUT2D eigenvalue weighted by molar-refractivity contribution is 5.28. The minimum atomic E-state index is -0.955. The van der Waals surface area contributed by atoms with Crippen LogP contribution < -0.4 is 4.74 Å². The van der Waals surface area contributed by atoms with Gasteiger partial charge in [-0.05, 0) is 73.4 Å². The average molecular weight is 500 g/mol. The monoisotopic (exact) mass is 499 g/mol. The summed E-state index contributed by atoms with van der Waals surface area (Å²) in [5, 5.41) is 21.7. The van der Waals surface area contributed by atoms with Crippen LogP contribution in [0.5, 0.6) is 5.75 Å². The van der Waals surface area contributed by atoms with E-state index >= 15 is 0 Å². The van der Waals surface area contributed by atoms with Crippen molar-refractivity contribution >= 4 is 0 Å². The largest absolute Gasteiger partial charge is 0.491 e. The number of rotatable bonds is 14. The summed E-state index contributed by atoms with van der Waals surface area (Å²) >= 11 is 0. The molecule has 0 amide bonds. The highest BCUT2D eigenvalue weighted by Crippen LogP contribution is 2.23. The fourth-order valence-corrected chi connectivity index (χ4v) is 4.07. The minimum Gasteiger partial charge on any atom is -0.491 e. The minimum absolute atomic E-state index is 0.0823. The first-order chi connectivity index (χ1) is 17.4. The first kappa shape index (κ1) is 27.7. The maximum atomic E-state index is 13.7. The van der Waals surface area contributed by atoms with Crippen molar-refractivity contribution in [2.45, 2.75) is 38.5 Å². The first-order valence-corrected chi connectivity index (χ1v) is 12.3. The van der Waals surface area contributed by atoms with Crippen LogP contribution >= 0.6 is 0 Å². The summed E-state index contributed by atoms with van der Waals surface area (Å²) in [6, 6.07) is 19.4. The Morgan fingerprint density at radius 2 is 1.36 bits per heavy atom. The van der Waals surface area contributed by atoms with Crippen LogP contribution in [0, 0.1) is 11.6 Å². The van der Waals surface area contributed by atoms with E-state index in [1.165, 1.54) is 24.3 Å². The molecule has 3 rings (SSSR count). The predicted octanol–water partition coefficient (Wildman–Crippen LogP) is 5.08. The standard InChI is InChI=1S/C29H35F2NO4/c1-3-35-14-15-36-27-12-10-22(11-13-27)16-21(2)32(19-28(33)23-6-4-8-25(30)17-23)20-29(34)24-7-5-9-26(31)18-24/h4-13,17-18,21,28-29,33-34H,3,14-16,19-20H2,1-2H3/t21-,28-,29+/m1/s1. The van der Waals surface area contributed by atoms with E-state index in [2.05, 4.69) is 0 Å². The molecule has 0 aliphatic heterocycles. The zero-order valence-electron chi connectivity index (χ0n) is 20.8. The SMILES string of the molecule is CCOCCOc1ccc(C[C@@H](C)N(C[C@@H](O)c2cccc(F)c2)C[C@H](O)c2cccc(F)c2)cc1. The molecule has 7 heteroatoms. The van der Waals surface area contributed by atoms with Crippen LogP contribution in [-0.4, -0.2) is 54.1 Å². The van der Waals surface area contributed by atoms with Crippen molar-refractivity contribution in [2.24, 2.45) is 0 Å². The second kappa shape index (κ2) is 14.0. The number of nitrogens with zero attached hydrogens (tertiary/aromatic N) is 1. The van der Waals surface area contributed by atoms with Crippen molar-refractivity contribution in [1.82, 2.24) is 4.90 Å². The number of ether oxygens (including phenoxy) is 2. The normalized spacial score (nSPS) is 14.0. The van der Waals surface area contributed by atoms with Gasteiger partial charge in [0.15, 0.2) is 0 Å². The molecule has 3 aromatic carbocycles. The molecule has 0 saturated carbocycles. The molecule has 0 bridgehead atoms. The second-order valence-corrected chi connectivity index (χ2v) is 8.84. The van der Waals surface area contributed by atoms with Gasteiger partial charge in [-0.3, -0.25) is 4.90 Å². The number of benzene rings is 3. The summed E-state index contributed by atoms with van der Waals surface area (Å²) in [7, 11) is 0. The molecule has 0 fully saturated rings. The van der Waals surface area contributed by atoms with Gasteiger partial charge in [0.05, 0.1) is 18.8 Å². The molecule has 0 heterocycles. The highest BCUT2D eigenvalue weighted by Gasteiger charge is 2.23. The summed E-state index contributed by atoms with van der Waals surface area (Å²) in [5.74, 6) is -0.0879. The molecule has 2 N–H and O–H groups in total. The van der Waals surface area contributed by atoms with Gasteiger partial charge in [-0.1, -0.05) is 36.4 Å². The van der Waals surface area contributed by atoms with Crippen LogP contribution in [0.25, 0.3) is 0 Å². The average Bonchev–Trinajstić information content (AvgIpc) is 2.87. The molecule has 0 unspecified atom stereocenters. The predicted molar refractivity (Wildman–Crippen MR) is 136 cm³/mol. The van der Waals surface area contributed by atoms with Gasteiger partial charge >= 0.3 is 0 Å². The van der Waals surface area contributed by atoms with Crippen molar-refractivity contribution in [2.75, 3.05) is 32.9 Å². The lowest BCUT2D eigenvalue weighted by molar-refractivity contribution is 0.0478. The topological polar surface area (TPSA) is 62.2 Å². The van der Waals surface area contributed by atoms with Crippen LogP contribution in [0.2, 0.25) is 0 Å². The summed E-state index contributed by atoms with van der Waals surface area (Å²) in [4.78, 5) is 1.94. The Morgan fingerprint density at radius 3 is 1.86 bits per heavy atom. The Balaban J connectivity index is 1.70. The van der Waals surface area contributed by atoms with Crippen molar-refractivity contribution < 1.29 is 28.5 Å². The van der Waals surface area contributed by atoms with Crippen LogP contribution in [-0.2, 0) is 11.2 Å². The Labute approximate surface area is 211 Å². The molecule has 0 aromatic heterocycles. The second-order valence-electron chi connectivity index (χ2n) is 8.84. The molecule has 0 aliphatic rings. The van der Waals surface area contributed by atoms with Crippen LogP contribution in [0.15, 0.2) is 72.8 Å². The van der Waals surface area contributed by atoms with E-state index in [1.54, 1.807) is 24.3 Å². The zero-order chi connectivity index (χ0) is 25.9. The molecule has 194 valence electrons. The van der Waals surface area contributed by atoms with Gasteiger partial charge < -0.3 is 19.7 Å². The summed E-state index contributed by atoms with van der Waals surface area (Å²) in [6.07, 6.45) is -1.27. The van der Waals surface area contributed by atoms with Crippen LogP contribution in [0.3, 0.4) is 0 Å². The molecule has 36 heavy (non-hydrogen) atoms. The summed E-state index contributed by atoms with van der Waals surface area (Å²) in [5.41, 5.74) is 1.98. The Hall–Kier alpha value is -2.84. The molecular formula is C29H35F2NO4. The van der Waals surface area contributed by atoms with E-state index in [0.29, 0.717) is 37.4 Å². The third-order valence-corrected chi connectivity index (χ3v) is 6.06. The van der Waals surface area contributed by atoms with E-state index in [0.717, 1.165) is 11.3 Å². The number of aliphatic hydroxyl groups is 2. The maximum Gasteiger partial charge on any atom is 0.123 e. The van der Waals surface area contributed by atoms with Crippen LogP contribution in [0.4, 0.5) is 8.78 Å². The first-order valence-electron chi connectivity index (χ1n) is 12.3. The third-order valence-electron chi connectivity index (χ3n) is 6.06. The van der Waals surface area contributed by atoms with Crippen molar-refractivity contribution in [3.05, 3.63) is 101 Å². The Kier molecular flexibility index (Phi) is 10.8. The fourth-order valence-electron chi connectivity index (χ4n) is 4.07. The van der Waals surface area contributed by atoms with Gasteiger partial charge in [-0.15, -0.1) is 0 Å². The van der Waals surface area contributed by atoms with E-state index < -0.39 is 23.8 Å². The number of hydrogen-bond acceptors (Lipinski definition) is 5. The van der Waals surface area contributed by atoms with Gasteiger partial charge in [0.25, 0.3) is 0 Å². The highest BCUT2D eigenvalue weighted by atomic mass is 19.1. The Morgan fingerprint density at radius 1 is 0.806 bits per heavy atom. The molecular weight excluding hydrogens is 464 g/mol. The summed E-state index contributed by atoms with van der Waals surface area (Å²) in [6.45, 7) is 5.96. The van der Waals surface area contributed by atoms with Gasteiger partial charge in [0, 0.05) is 25.7 Å². The van der Waals surface area contributed by atoms with E-state index in [-0.39, 0.29) is 19.1 Å². The van der Waals surface area contributed by atoms with E-state index in [4.69, 9.17) is 9.47 Å². The fraction of sp³-hybridized carbons (Fsp3) is 0.379. The Bertz CT molecular complexity index is 1010. The van der Waals surface area contributed by atoms with Gasteiger partial charge in [-0.2, -0.15) is 0 Å². The molecule has 0 saturated heterocycles. The zero-order valence-corrected chi connectivity index (χ0v) is 20.8. The van der Waals surface area contributed by atoms with E-state index in [9.17, 15) is 19.0 Å². The lowest BCUT2D eigenvalue weighted by Crippen LogP contribution is -2.40. The lowest BCUT2D eigenvalue weighted by atomic mass is 10.0. The molecule has 0 radical (unpaired) electrons. The van der Waals surface area contributed by atoms with Crippen molar-refractivity contribution in [1.29, 1.82) is 0 Å². The van der Waals surface area contributed by atoms with Gasteiger partial charge in [-0.25, -0.2) is 8.78 Å². The quantitative estimate of drug-likeness (QED) is 0.303. The number of halogens is 2. The number of aliphatic hydroxyl groups excluding tert-OH is 2. The van der Waals surface area contributed by atoms with Crippen molar-refractivity contribution in [3.63, 3.8) is 0 Å². The molecule has 5 nitrogen and oxygen atoms in total. The number of hydrogen-bond donors (Lipinski definition) is 2. The summed E-state index contributed by atoms with van der Waals surface area (Å²) < 4.78 is 38.4. The van der Waals surface area contributed by atoms with E-state index in [1.807, 2.05) is 43.0 Å². The smallest absolute Gasteiger partial charge is 0.123 e. The molecule has 0 spiro atoms. The molecule has 0 aliphatic carbocycles. The third kappa shape index (κ3) is 8.68.